The molecule has 2 aliphatic rings. The average Bonchev–Trinajstić information content (AvgIpc) is 3.21. The van der Waals surface area contributed by atoms with E-state index in [-0.39, 0.29) is 0 Å². The Morgan fingerprint density at radius 3 is 2.90 bits per heavy atom. The fourth-order valence-corrected chi connectivity index (χ4v) is 3.37. The molecule has 1 aromatic rings. The van der Waals surface area contributed by atoms with Gasteiger partial charge in [0.2, 0.25) is 6.41 Å². The van der Waals surface area contributed by atoms with Crippen LogP contribution in [0.3, 0.4) is 0 Å². The summed E-state index contributed by atoms with van der Waals surface area (Å²) in [6.07, 6.45) is 4.57. The van der Waals surface area contributed by atoms with E-state index in [4.69, 9.17) is 0 Å². The Morgan fingerprint density at radius 2 is 2.15 bits per heavy atom. The number of pyridine rings is 1. The number of halogens is 1. The van der Waals surface area contributed by atoms with E-state index in [1.165, 1.54) is 0 Å². The van der Waals surface area contributed by atoms with Crippen molar-refractivity contribution in [1.29, 1.82) is 0 Å². The van der Waals surface area contributed by atoms with Gasteiger partial charge >= 0.3 is 0 Å². The van der Waals surface area contributed by atoms with Crippen molar-refractivity contribution in [3.8, 4) is 0 Å². The summed E-state index contributed by atoms with van der Waals surface area (Å²) < 4.78 is 1.79. The van der Waals surface area contributed by atoms with E-state index < -0.39 is 0 Å². The van der Waals surface area contributed by atoms with Crippen LogP contribution in [-0.2, 0) is 4.79 Å². The SMILES string of the molecule is O=CN1CCCN(C2CC2c2ccc(Br)c[n+]2[O-])CC1. The topological polar surface area (TPSA) is 50.5 Å². The Morgan fingerprint density at radius 1 is 1.30 bits per heavy atom. The maximum Gasteiger partial charge on any atom is 0.209 e. The lowest BCUT2D eigenvalue weighted by Crippen LogP contribution is -2.35. The molecule has 2 unspecified atom stereocenters. The first kappa shape index (κ1) is 13.8. The third-order valence-electron chi connectivity index (χ3n) is 4.23. The lowest BCUT2D eigenvalue weighted by Gasteiger charge is -2.20. The Bertz CT molecular complexity index is 511. The van der Waals surface area contributed by atoms with E-state index in [9.17, 15) is 10.0 Å². The van der Waals surface area contributed by atoms with Gasteiger partial charge in [0, 0.05) is 38.3 Å². The lowest BCUT2D eigenvalue weighted by atomic mass is 10.2. The first-order chi connectivity index (χ1) is 9.69. The van der Waals surface area contributed by atoms with Crippen molar-refractivity contribution in [3.05, 3.63) is 33.7 Å². The molecule has 3 rings (SSSR count). The number of hydrogen-bond acceptors (Lipinski definition) is 3. The van der Waals surface area contributed by atoms with Crippen molar-refractivity contribution in [2.75, 3.05) is 26.2 Å². The second-order valence-corrected chi connectivity index (χ2v) is 6.45. The number of carbonyl (C=O) groups excluding carboxylic acids is 1. The van der Waals surface area contributed by atoms with Crippen molar-refractivity contribution in [1.82, 2.24) is 9.80 Å². The normalized spacial score (nSPS) is 27.1. The van der Waals surface area contributed by atoms with Crippen LogP contribution in [0.15, 0.2) is 22.8 Å². The molecule has 0 N–H and O–H groups in total. The summed E-state index contributed by atoms with van der Waals surface area (Å²) in [5, 5.41) is 11.9. The van der Waals surface area contributed by atoms with Gasteiger partial charge in [-0.3, -0.25) is 9.69 Å². The van der Waals surface area contributed by atoms with Gasteiger partial charge in [-0.15, -0.1) is 0 Å². The molecule has 6 heteroatoms. The average molecular weight is 340 g/mol. The van der Waals surface area contributed by atoms with E-state index in [2.05, 4.69) is 20.8 Å². The van der Waals surface area contributed by atoms with Crippen LogP contribution in [-0.4, -0.2) is 48.4 Å². The van der Waals surface area contributed by atoms with Gasteiger partial charge < -0.3 is 10.1 Å². The maximum absolute atomic E-state index is 11.9. The summed E-state index contributed by atoms with van der Waals surface area (Å²) >= 11 is 3.31. The number of amides is 1. The predicted molar refractivity (Wildman–Crippen MR) is 78.1 cm³/mol. The van der Waals surface area contributed by atoms with Crippen LogP contribution in [0.2, 0.25) is 0 Å². The Labute approximate surface area is 126 Å². The number of carbonyl (C=O) groups is 1. The monoisotopic (exact) mass is 339 g/mol. The van der Waals surface area contributed by atoms with Crippen molar-refractivity contribution in [3.63, 3.8) is 0 Å². The minimum Gasteiger partial charge on any atom is -0.618 e. The molecule has 0 spiro atoms. The molecule has 1 aliphatic carbocycles. The molecule has 2 heterocycles. The van der Waals surface area contributed by atoms with Crippen LogP contribution in [0.25, 0.3) is 0 Å². The first-order valence-corrected chi connectivity index (χ1v) is 7.80. The minimum atomic E-state index is 0.336. The molecule has 5 nitrogen and oxygen atoms in total. The number of nitrogens with zero attached hydrogens (tertiary/aromatic N) is 3. The Hall–Kier alpha value is -1.14. The highest BCUT2D eigenvalue weighted by atomic mass is 79.9. The van der Waals surface area contributed by atoms with Crippen LogP contribution in [0.4, 0.5) is 0 Å². The van der Waals surface area contributed by atoms with Crippen LogP contribution >= 0.6 is 15.9 Å². The highest BCUT2D eigenvalue weighted by Gasteiger charge is 2.47. The molecular weight excluding hydrogens is 322 g/mol. The number of aromatic nitrogens is 1. The van der Waals surface area contributed by atoms with Crippen molar-refractivity contribution < 1.29 is 9.52 Å². The van der Waals surface area contributed by atoms with Gasteiger partial charge in [0.25, 0.3) is 0 Å². The molecule has 1 amide bonds. The van der Waals surface area contributed by atoms with Gasteiger partial charge in [0.15, 0.2) is 11.9 Å². The fraction of sp³-hybridized carbons (Fsp3) is 0.571. The smallest absolute Gasteiger partial charge is 0.209 e. The van der Waals surface area contributed by atoms with Gasteiger partial charge in [0.05, 0.1) is 10.4 Å². The molecule has 20 heavy (non-hydrogen) atoms. The van der Waals surface area contributed by atoms with Gasteiger partial charge in [-0.1, -0.05) is 0 Å². The molecule has 0 bridgehead atoms. The number of hydrogen-bond donors (Lipinski definition) is 0. The Kier molecular flexibility index (Phi) is 3.94. The van der Waals surface area contributed by atoms with Gasteiger partial charge in [-0.25, -0.2) is 0 Å². The van der Waals surface area contributed by atoms with Crippen LogP contribution < -0.4 is 4.73 Å². The standard InChI is InChI=1S/C14H18BrN3O2/c15-11-2-3-13(18(20)9-11)12-8-14(12)17-5-1-4-16(10-19)6-7-17/h2-3,9-10,12,14H,1,4-8H2. The van der Waals surface area contributed by atoms with Crippen molar-refractivity contribution in [2.45, 2.75) is 24.8 Å². The molecule has 108 valence electrons. The molecule has 0 aromatic carbocycles. The maximum atomic E-state index is 11.9. The van der Waals surface area contributed by atoms with E-state index in [1.54, 1.807) is 6.20 Å². The second-order valence-electron chi connectivity index (χ2n) is 5.54. The molecule has 1 aliphatic heterocycles. The summed E-state index contributed by atoms with van der Waals surface area (Å²) in [5.74, 6) is 0.336. The summed E-state index contributed by atoms with van der Waals surface area (Å²) in [6.45, 7) is 3.57. The van der Waals surface area contributed by atoms with Crippen molar-refractivity contribution >= 4 is 22.3 Å². The molecule has 1 saturated carbocycles. The first-order valence-electron chi connectivity index (χ1n) is 7.01. The molecule has 2 fully saturated rings. The third kappa shape index (κ3) is 2.81. The molecular formula is C14H18BrN3O2. The predicted octanol–water partition coefficient (Wildman–Crippen LogP) is 1.10. The zero-order valence-electron chi connectivity index (χ0n) is 11.2. The van der Waals surface area contributed by atoms with Crippen LogP contribution in [0.5, 0.6) is 0 Å². The third-order valence-corrected chi connectivity index (χ3v) is 4.70. The zero-order valence-corrected chi connectivity index (χ0v) is 12.8. The van der Waals surface area contributed by atoms with E-state index in [0.29, 0.717) is 12.0 Å². The highest BCUT2D eigenvalue weighted by molar-refractivity contribution is 9.10. The summed E-state index contributed by atoms with van der Waals surface area (Å²) in [5.41, 5.74) is 0.856. The van der Waals surface area contributed by atoms with Crippen molar-refractivity contribution in [2.24, 2.45) is 0 Å². The Balaban J connectivity index is 1.65. The van der Waals surface area contributed by atoms with E-state index in [1.807, 2.05) is 17.0 Å². The summed E-state index contributed by atoms with van der Waals surface area (Å²) in [4.78, 5) is 15.1. The second kappa shape index (κ2) is 5.69. The van der Waals surface area contributed by atoms with E-state index >= 15 is 0 Å². The van der Waals surface area contributed by atoms with Crippen LogP contribution in [0, 0.1) is 5.21 Å². The van der Waals surface area contributed by atoms with Gasteiger partial charge in [0.1, 0.15) is 0 Å². The van der Waals surface area contributed by atoms with E-state index in [0.717, 1.165) is 60.3 Å². The highest BCUT2D eigenvalue weighted by Crippen LogP contribution is 2.43. The molecule has 1 aromatic heterocycles. The quantitative estimate of drug-likeness (QED) is 0.470. The number of rotatable bonds is 3. The summed E-state index contributed by atoms with van der Waals surface area (Å²) in [6, 6.07) is 4.30. The summed E-state index contributed by atoms with van der Waals surface area (Å²) in [7, 11) is 0. The van der Waals surface area contributed by atoms with Crippen LogP contribution in [0.1, 0.15) is 24.5 Å². The zero-order chi connectivity index (χ0) is 14.1. The lowest BCUT2D eigenvalue weighted by molar-refractivity contribution is -0.615. The van der Waals surface area contributed by atoms with Gasteiger partial charge in [-0.2, -0.15) is 4.73 Å². The molecule has 2 atom stereocenters. The minimum absolute atomic E-state index is 0.336. The molecule has 0 radical (unpaired) electrons. The largest absolute Gasteiger partial charge is 0.618 e. The fourth-order valence-electron chi connectivity index (χ4n) is 3.05. The molecule has 1 saturated heterocycles. The van der Waals surface area contributed by atoms with Gasteiger partial charge in [-0.05, 0) is 34.8 Å².